The van der Waals surface area contributed by atoms with Crippen LogP contribution < -0.4 is 10.1 Å². The number of carboxylic acid groups (broad SMARTS) is 1. The molecule has 0 radical (unpaired) electrons. The summed E-state index contributed by atoms with van der Waals surface area (Å²) in [5, 5.41) is 13.1. The quantitative estimate of drug-likeness (QED) is 0.329. The minimum atomic E-state index is -4.56. The summed E-state index contributed by atoms with van der Waals surface area (Å²) in [6, 6.07) is 6.50. The number of aromatic nitrogens is 2. The molecule has 0 aliphatic carbocycles. The van der Waals surface area contributed by atoms with Crippen LogP contribution >= 0.6 is 11.3 Å². The Labute approximate surface area is 245 Å². The molecule has 0 saturated carbocycles. The number of carbonyl (C=O) groups is 2. The van der Waals surface area contributed by atoms with Crippen molar-refractivity contribution in [3.8, 4) is 16.3 Å². The Hall–Kier alpha value is -3.71. The summed E-state index contributed by atoms with van der Waals surface area (Å²) in [6.07, 6.45) is -2.79. The molecule has 3 heterocycles. The average Bonchev–Trinajstić information content (AvgIpc) is 3.37. The van der Waals surface area contributed by atoms with Gasteiger partial charge in [-0.3, -0.25) is 9.78 Å². The molecule has 1 aliphatic rings. The fourth-order valence-corrected chi connectivity index (χ4v) is 5.27. The molecule has 2 aromatic heterocycles. The number of nitrogens with one attached hydrogen (secondary N) is 1. The van der Waals surface area contributed by atoms with Crippen LogP contribution in [0.2, 0.25) is 0 Å². The molecule has 9 nitrogen and oxygen atoms in total. The van der Waals surface area contributed by atoms with Crippen LogP contribution in [0.15, 0.2) is 42.7 Å². The second-order valence-electron chi connectivity index (χ2n) is 11.3. The standard InChI is InChI=1S/C29H33F3N4O5S/c1-17-13-34-25(42-17)21-10-20(24(37)35-18(2)19-6-7-23(33-14-19)29(30,31)32)11-22(12-21)40-16-28(27(3,4)5)15-36(26(38)39)8-9-41-28/h6-7,10-14,18H,8-9,15-16H2,1-5H3,(H,35,37)(H,38,39)/t18-,28-/m1/s1. The first kappa shape index (κ1) is 31.2. The van der Waals surface area contributed by atoms with Crippen molar-refractivity contribution < 1.29 is 37.3 Å². The minimum absolute atomic E-state index is 0.0231. The Kier molecular flexibility index (Phi) is 8.84. The lowest BCUT2D eigenvalue weighted by Gasteiger charge is -2.49. The lowest BCUT2D eigenvalue weighted by Crippen LogP contribution is -2.62. The van der Waals surface area contributed by atoms with Gasteiger partial charge in [0, 0.05) is 34.9 Å². The van der Waals surface area contributed by atoms with E-state index in [1.54, 1.807) is 31.3 Å². The molecule has 1 saturated heterocycles. The molecule has 1 fully saturated rings. The van der Waals surface area contributed by atoms with Gasteiger partial charge >= 0.3 is 12.3 Å². The maximum Gasteiger partial charge on any atom is 0.433 e. The molecule has 0 unspecified atom stereocenters. The van der Waals surface area contributed by atoms with Crippen LogP contribution in [0.1, 0.15) is 60.2 Å². The van der Waals surface area contributed by atoms with Crippen LogP contribution in [0.4, 0.5) is 18.0 Å². The maximum absolute atomic E-state index is 13.4. The zero-order valence-corrected chi connectivity index (χ0v) is 24.7. The molecular formula is C29H33F3N4O5S. The number of nitrogens with zero attached hydrogens (tertiary/aromatic N) is 3. The summed E-state index contributed by atoms with van der Waals surface area (Å²) >= 11 is 1.44. The van der Waals surface area contributed by atoms with Gasteiger partial charge in [-0.25, -0.2) is 9.78 Å². The Morgan fingerprint density at radius 1 is 1.19 bits per heavy atom. The van der Waals surface area contributed by atoms with E-state index in [-0.39, 0.29) is 31.9 Å². The normalized spacial score (nSPS) is 18.4. The number of hydrogen-bond acceptors (Lipinski definition) is 7. The highest BCUT2D eigenvalue weighted by Gasteiger charge is 2.48. The summed E-state index contributed by atoms with van der Waals surface area (Å²) in [4.78, 5) is 35.3. The van der Waals surface area contributed by atoms with E-state index >= 15 is 0 Å². The average molecular weight is 607 g/mol. The number of benzene rings is 1. The van der Waals surface area contributed by atoms with Crippen LogP contribution in [-0.4, -0.2) is 63.9 Å². The van der Waals surface area contributed by atoms with Crippen molar-refractivity contribution in [2.45, 2.75) is 52.4 Å². The Morgan fingerprint density at radius 2 is 1.93 bits per heavy atom. The van der Waals surface area contributed by atoms with E-state index in [9.17, 15) is 27.9 Å². The molecule has 0 bridgehead atoms. The molecular weight excluding hydrogens is 573 g/mol. The number of ether oxygens (including phenoxy) is 2. The van der Waals surface area contributed by atoms with Crippen molar-refractivity contribution >= 4 is 23.3 Å². The molecule has 2 atom stereocenters. The van der Waals surface area contributed by atoms with E-state index < -0.39 is 40.9 Å². The first-order valence-corrected chi connectivity index (χ1v) is 14.1. The van der Waals surface area contributed by atoms with Crippen LogP contribution in [0.5, 0.6) is 5.75 Å². The van der Waals surface area contributed by atoms with Crippen molar-refractivity contribution in [2.75, 3.05) is 26.3 Å². The number of rotatable bonds is 7. The van der Waals surface area contributed by atoms with Crippen molar-refractivity contribution in [1.82, 2.24) is 20.2 Å². The van der Waals surface area contributed by atoms with E-state index in [0.717, 1.165) is 17.1 Å². The number of amides is 2. The van der Waals surface area contributed by atoms with Gasteiger partial charge in [0.15, 0.2) is 0 Å². The molecule has 13 heteroatoms. The van der Waals surface area contributed by atoms with Crippen molar-refractivity contribution in [3.05, 3.63) is 64.4 Å². The van der Waals surface area contributed by atoms with Gasteiger partial charge in [0.2, 0.25) is 0 Å². The SMILES string of the molecule is Cc1cnc(-c2cc(OC[C@@]3(C(C)(C)C)CN(C(=O)O)CCO3)cc(C(=O)N[C@H](C)c3ccc(C(F)(F)F)nc3)c2)s1. The molecule has 4 rings (SSSR count). The third kappa shape index (κ3) is 7.01. The number of aryl methyl sites for hydroxylation is 1. The van der Waals surface area contributed by atoms with E-state index in [2.05, 4.69) is 15.3 Å². The number of carbonyl (C=O) groups excluding carboxylic acids is 1. The second kappa shape index (κ2) is 11.9. The number of thiazole rings is 1. The Balaban J connectivity index is 1.61. The van der Waals surface area contributed by atoms with E-state index in [0.29, 0.717) is 21.9 Å². The van der Waals surface area contributed by atoms with Crippen molar-refractivity contribution in [1.29, 1.82) is 0 Å². The minimum Gasteiger partial charge on any atom is -0.490 e. The van der Waals surface area contributed by atoms with Gasteiger partial charge in [-0.1, -0.05) is 26.8 Å². The highest BCUT2D eigenvalue weighted by atomic mass is 32.1. The fourth-order valence-electron chi connectivity index (χ4n) is 4.52. The van der Waals surface area contributed by atoms with E-state index in [1.165, 1.54) is 22.3 Å². The second-order valence-corrected chi connectivity index (χ2v) is 12.5. The highest BCUT2D eigenvalue weighted by molar-refractivity contribution is 7.14. The van der Waals surface area contributed by atoms with Crippen molar-refractivity contribution in [2.24, 2.45) is 5.41 Å². The molecule has 2 N–H and O–H groups in total. The molecule has 42 heavy (non-hydrogen) atoms. The fraction of sp³-hybridized carbons (Fsp3) is 0.448. The summed E-state index contributed by atoms with van der Waals surface area (Å²) in [5.74, 6) is -0.118. The zero-order chi connectivity index (χ0) is 30.9. The van der Waals surface area contributed by atoms with Crippen LogP contribution in [-0.2, 0) is 10.9 Å². The number of pyridine rings is 1. The summed E-state index contributed by atoms with van der Waals surface area (Å²) in [6.45, 7) is 10.0. The Morgan fingerprint density at radius 3 is 2.50 bits per heavy atom. The predicted molar refractivity (Wildman–Crippen MR) is 151 cm³/mol. The van der Waals surface area contributed by atoms with Gasteiger partial charge in [0.05, 0.1) is 19.2 Å². The van der Waals surface area contributed by atoms with Gasteiger partial charge in [-0.2, -0.15) is 13.2 Å². The third-order valence-electron chi connectivity index (χ3n) is 7.26. The van der Waals surface area contributed by atoms with Gasteiger partial charge in [-0.05, 0) is 49.1 Å². The molecule has 2 amide bonds. The van der Waals surface area contributed by atoms with Gasteiger partial charge in [-0.15, -0.1) is 11.3 Å². The van der Waals surface area contributed by atoms with E-state index in [4.69, 9.17) is 9.47 Å². The predicted octanol–water partition coefficient (Wildman–Crippen LogP) is 6.20. The summed E-state index contributed by atoms with van der Waals surface area (Å²) in [7, 11) is 0. The first-order chi connectivity index (χ1) is 19.6. The lowest BCUT2D eigenvalue weighted by molar-refractivity contribution is -0.175. The monoisotopic (exact) mass is 606 g/mol. The number of hydrogen-bond donors (Lipinski definition) is 2. The molecule has 1 aliphatic heterocycles. The van der Waals surface area contributed by atoms with Crippen LogP contribution in [0.3, 0.4) is 0 Å². The van der Waals surface area contributed by atoms with Crippen LogP contribution in [0, 0.1) is 12.3 Å². The number of halogens is 3. The van der Waals surface area contributed by atoms with Crippen LogP contribution in [0.25, 0.3) is 10.6 Å². The molecule has 3 aromatic rings. The van der Waals surface area contributed by atoms with E-state index in [1.807, 2.05) is 27.7 Å². The molecule has 0 spiro atoms. The molecule has 226 valence electrons. The topological polar surface area (TPSA) is 114 Å². The van der Waals surface area contributed by atoms with Crippen molar-refractivity contribution in [3.63, 3.8) is 0 Å². The number of alkyl halides is 3. The number of morpholine rings is 1. The Bertz CT molecular complexity index is 1440. The van der Waals surface area contributed by atoms with Gasteiger partial charge < -0.3 is 24.8 Å². The zero-order valence-electron chi connectivity index (χ0n) is 23.9. The smallest absolute Gasteiger partial charge is 0.433 e. The van der Waals surface area contributed by atoms with Gasteiger partial charge in [0.25, 0.3) is 5.91 Å². The summed E-state index contributed by atoms with van der Waals surface area (Å²) < 4.78 is 51.1. The maximum atomic E-state index is 13.4. The first-order valence-electron chi connectivity index (χ1n) is 13.2. The largest absolute Gasteiger partial charge is 0.490 e. The highest BCUT2D eigenvalue weighted by Crippen LogP contribution is 2.38. The lowest BCUT2D eigenvalue weighted by atomic mass is 9.75. The third-order valence-corrected chi connectivity index (χ3v) is 8.22. The molecule has 1 aromatic carbocycles. The summed E-state index contributed by atoms with van der Waals surface area (Å²) in [5.41, 5.74) is -1.16. The van der Waals surface area contributed by atoms with Gasteiger partial charge in [0.1, 0.15) is 28.7 Å².